The second kappa shape index (κ2) is 5.93. The van der Waals surface area contributed by atoms with E-state index in [0.29, 0.717) is 11.6 Å². The van der Waals surface area contributed by atoms with Crippen LogP contribution in [0.2, 0.25) is 0 Å². The maximum Gasteiger partial charge on any atom is 0.126 e. The van der Waals surface area contributed by atoms with Gasteiger partial charge in [0, 0.05) is 30.9 Å². The standard InChI is InChI=1S/C17H26FN3/c1-12-9-17(15(13(2)19)10-16(12)18)21-8-5-14(11-21)20-6-3-4-7-20/h9-10,13-14H,3-8,11,19H2,1-2H3/t13-,14?/m1/s1. The molecule has 1 aromatic rings. The number of anilines is 1. The third-order valence-corrected chi connectivity index (χ3v) is 4.96. The van der Waals surface area contributed by atoms with E-state index in [2.05, 4.69) is 9.80 Å². The smallest absolute Gasteiger partial charge is 0.126 e. The molecule has 2 heterocycles. The molecule has 2 aliphatic rings. The maximum absolute atomic E-state index is 13.8. The van der Waals surface area contributed by atoms with Crippen LogP contribution in [0.15, 0.2) is 12.1 Å². The molecule has 0 amide bonds. The highest BCUT2D eigenvalue weighted by molar-refractivity contribution is 5.58. The number of hydrogen-bond donors (Lipinski definition) is 1. The number of likely N-dealkylation sites (tertiary alicyclic amines) is 1. The molecule has 0 saturated carbocycles. The molecule has 2 N–H and O–H groups in total. The minimum atomic E-state index is -0.152. The van der Waals surface area contributed by atoms with Gasteiger partial charge in [-0.1, -0.05) is 0 Å². The lowest BCUT2D eigenvalue weighted by Crippen LogP contribution is -2.35. The summed E-state index contributed by atoms with van der Waals surface area (Å²) in [5.41, 5.74) is 8.82. The molecule has 2 aliphatic heterocycles. The molecule has 116 valence electrons. The normalized spacial score (nSPS) is 24.8. The predicted molar refractivity (Wildman–Crippen MR) is 85.2 cm³/mol. The zero-order valence-corrected chi connectivity index (χ0v) is 13.1. The average molecular weight is 291 g/mol. The van der Waals surface area contributed by atoms with Crippen molar-refractivity contribution in [2.75, 3.05) is 31.1 Å². The van der Waals surface area contributed by atoms with Crippen molar-refractivity contribution in [3.63, 3.8) is 0 Å². The van der Waals surface area contributed by atoms with Gasteiger partial charge in [-0.2, -0.15) is 0 Å². The third kappa shape index (κ3) is 2.92. The van der Waals surface area contributed by atoms with E-state index >= 15 is 0 Å². The van der Waals surface area contributed by atoms with Gasteiger partial charge in [0.05, 0.1) is 0 Å². The van der Waals surface area contributed by atoms with Crippen molar-refractivity contribution in [3.8, 4) is 0 Å². The van der Waals surface area contributed by atoms with E-state index < -0.39 is 0 Å². The molecule has 1 aromatic carbocycles. The van der Waals surface area contributed by atoms with Gasteiger partial charge in [-0.15, -0.1) is 0 Å². The Labute approximate surface area is 126 Å². The summed E-state index contributed by atoms with van der Waals surface area (Å²) in [6.45, 7) is 8.33. The molecule has 0 aliphatic carbocycles. The van der Waals surface area contributed by atoms with Gasteiger partial charge in [0.25, 0.3) is 0 Å². The van der Waals surface area contributed by atoms with Crippen molar-refractivity contribution < 1.29 is 4.39 Å². The molecule has 2 saturated heterocycles. The van der Waals surface area contributed by atoms with Crippen LogP contribution in [0.1, 0.15) is 43.4 Å². The molecule has 1 unspecified atom stereocenters. The van der Waals surface area contributed by atoms with E-state index in [-0.39, 0.29) is 11.9 Å². The summed E-state index contributed by atoms with van der Waals surface area (Å²) >= 11 is 0. The first kappa shape index (κ1) is 14.8. The zero-order valence-electron chi connectivity index (χ0n) is 13.1. The molecule has 3 rings (SSSR count). The van der Waals surface area contributed by atoms with Crippen LogP contribution in [0.5, 0.6) is 0 Å². The van der Waals surface area contributed by atoms with E-state index in [1.807, 2.05) is 19.9 Å². The Hall–Kier alpha value is -1.13. The molecule has 0 aromatic heterocycles. The summed E-state index contributed by atoms with van der Waals surface area (Å²) in [5, 5.41) is 0. The predicted octanol–water partition coefficient (Wildman–Crippen LogP) is 2.83. The number of aryl methyl sites for hydroxylation is 1. The number of rotatable bonds is 3. The largest absolute Gasteiger partial charge is 0.370 e. The van der Waals surface area contributed by atoms with Crippen LogP contribution >= 0.6 is 0 Å². The topological polar surface area (TPSA) is 32.5 Å². The fourth-order valence-electron chi connectivity index (χ4n) is 3.69. The minimum absolute atomic E-state index is 0.138. The van der Waals surface area contributed by atoms with Crippen molar-refractivity contribution in [3.05, 3.63) is 29.1 Å². The first-order valence-corrected chi connectivity index (χ1v) is 8.11. The number of benzene rings is 1. The van der Waals surface area contributed by atoms with E-state index in [4.69, 9.17) is 5.73 Å². The van der Waals surface area contributed by atoms with Gasteiger partial charge in [0.15, 0.2) is 0 Å². The summed E-state index contributed by atoms with van der Waals surface area (Å²) in [6, 6.07) is 4.11. The number of hydrogen-bond acceptors (Lipinski definition) is 3. The highest BCUT2D eigenvalue weighted by Crippen LogP contribution is 2.32. The Kier molecular flexibility index (Phi) is 4.18. The molecule has 21 heavy (non-hydrogen) atoms. The Morgan fingerprint density at radius 2 is 1.95 bits per heavy atom. The van der Waals surface area contributed by atoms with Gasteiger partial charge in [-0.05, 0) is 69.5 Å². The lowest BCUT2D eigenvalue weighted by molar-refractivity contribution is 0.260. The van der Waals surface area contributed by atoms with Crippen molar-refractivity contribution in [2.45, 2.75) is 45.2 Å². The van der Waals surface area contributed by atoms with Crippen LogP contribution in [-0.4, -0.2) is 37.1 Å². The summed E-state index contributed by atoms with van der Waals surface area (Å²) < 4.78 is 13.8. The first-order valence-electron chi connectivity index (χ1n) is 8.11. The van der Waals surface area contributed by atoms with Crippen LogP contribution in [0.25, 0.3) is 0 Å². The van der Waals surface area contributed by atoms with Crippen LogP contribution in [-0.2, 0) is 0 Å². The van der Waals surface area contributed by atoms with Crippen molar-refractivity contribution in [2.24, 2.45) is 5.73 Å². The molecule has 2 atom stereocenters. The average Bonchev–Trinajstić information content (AvgIpc) is 3.10. The molecule has 4 heteroatoms. The van der Waals surface area contributed by atoms with Crippen molar-refractivity contribution in [1.29, 1.82) is 0 Å². The highest BCUT2D eigenvalue weighted by Gasteiger charge is 2.30. The summed E-state index contributed by atoms with van der Waals surface area (Å²) in [5.74, 6) is -0.152. The molecule has 0 spiro atoms. The summed E-state index contributed by atoms with van der Waals surface area (Å²) in [6.07, 6.45) is 3.86. The Balaban J connectivity index is 1.82. The number of nitrogens with zero attached hydrogens (tertiary/aromatic N) is 2. The summed E-state index contributed by atoms with van der Waals surface area (Å²) in [4.78, 5) is 5.01. The van der Waals surface area contributed by atoms with Gasteiger partial charge in [-0.25, -0.2) is 4.39 Å². The lowest BCUT2D eigenvalue weighted by atomic mass is 10.0. The van der Waals surface area contributed by atoms with E-state index in [9.17, 15) is 4.39 Å². The molecule has 2 fully saturated rings. The maximum atomic E-state index is 13.8. The van der Waals surface area contributed by atoms with E-state index in [0.717, 1.165) is 24.3 Å². The zero-order chi connectivity index (χ0) is 15.0. The second-order valence-corrected chi connectivity index (χ2v) is 6.58. The van der Waals surface area contributed by atoms with Gasteiger partial charge < -0.3 is 10.6 Å². The van der Waals surface area contributed by atoms with Gasteiger partial charge in [-0.3, -0.25) is 4.90 Å². The monoisotopic (exact) mass is 291 g/mol. The SMILES string of the molecule is Cc1cc(N2CCC(N3CCCC3)C2)c([C@@H](C)N)cc1F. The second-order valence-electron chi connectivity index (χ2n) is 6.58. The lowest BCUT2D eigenvalue weighted by Gasteiger charge is -2.27. The van der Waals surface area contributed by atoms with Crippen LogP contribution in [0.4, 0.5) is 10.1 Å². The highest BCUT2D eigenvalue weighted by atomic mass is 19.1. The molecular formula is C17H26FN3. The molecular weight excluding hydrogens is 265 g/mol. The van der Waals surface area contributed by atoms with Crippen molar-refractivity contribution >= 4 is 5.69 Å². The Morgan fingerprint density at radius 3 is 2.62 bits per heavy atom. The van der Waals surface area contributed by atoms with Crippen LogP contribution in [0, 0.1) is 12.7 Å². The molecule has 3 nitrogen and oxygen atoms in total. The number of halogens is 1. The molecule has 0 bridgehead atoms. The quantitative estimate of drug-likeness (QED) is 0.929. The van der Waals surface area contributed by atoms with Crippen LogP contribution < -0.4 is 10.6 Å². The van der Waals surface area contributed by atoms with Crippen molar-refractivity contribution in [1.82, 2.24) is 4.90 Å². The first-order chi connectivity index (χ1) is 10.1. The van der Waals surface area contributed by atoms with Gasteiger partial charge in [0.1, 0.15) is 5.82 Å². The van der Waals surface area contributed by atoms with E-state index in [1.165, 1.54) is 32.4 Å². The third-order valence-electron chi connectivity index (χ3n) is 4.96. The number of nitrogens with two attached hydrogens (primary N) is 1. The fraction of sp³-hybridized carbons (Fsp3) is 0.647. The minimum Gasteiger partial charge on any atom is -0.370 e. The Morgan fingerprint density at radius 1 is 1.24 bits per heavy atom. The van der Waals surface area contributed by atoms with Crippen LogP contribution in [0.3, 0.4) is 0 Å². The van der Waals surface area contributed by atoms with Gasteiger partial charge >= 0.3 is 0 Å². The fourth-order valence-corrected chi connectivity index (χ4v) is 3.69. The van der Waals surface area contributed by atoms with E-state index in [1.54, 1.807) is 6.07 Å². The summed E-state index contributed by atoms with van der Waals surface area (Å²) in [7, 11) is 0. The Bertz CT molecular complexity index is 509. The molecule has 0 radical (unpaired) electrons. The van der Waals surface area contributed by atoms with Gasteiger partial charge in [0.2, 0.25) is 0 Å².